The second kappa shape index (κ2) is 14.1. The first-order chi connectivity index (χ1) is 13.1. The highest BCUT2D eigenvalue weighted by Crippen LogP contribution is 2.02. The van der Waals surface area contributed by atoms with Gasteiger partial charge in [-0.1, -0.05) is 0 Å². The number of thiol groups is 1. The van der Waals surface area contributed by atoms with Crippen LogP contribution in [0.15, 0.2) is 0 Å². The van der Waals surface area contributed by atoms with Crippen LogP contribution in [0.4, 0.5) is 0 Å². The van der Waals surface area contributed by atoms with Crippen LogP contribution in [0, 0.1) is 0 Å². The predicted molar refractivity (Wildman–Crippen MR) is 106 cm³/mol. The van der Waals surface area contributed by atoms with Crippen LogP contribution in [0.25, 0.3) is 0 Å². The van der Waals surface area contributed by atoms with Gasteiger partial charge in [-0.2, -0.15) is 24.4 Å². The number of aliphatic carboxylic acids is 2. The quantitative estimate of drug-likeness (QED) is 0.151. The average molecular weight is 439 g/mol. The van der Waals surface area contributed by atoms with Crippen LogP contribution in [0.3, 0.4) is 0 Å². The normalized spacial score (nSPS) is 13.7. The van der Waals surface area contributed by atoms with Crippen molar-refractivity contribution in [3.63, 3.8) is 0 Å². The monoisotopic (exact) mass is 438 g/mol. The van der Waals surface area contributed by atoms with E-state index in [4.69, 9.17) is 15.9 Å². The summed E-state index contributed by atoms with van der Waals surface area (Å²) in [7, 11) is 0. The molecule has 0 fully saturated rings. The highest BCUT2D eigenvalue weighted by Gasteiger charge is 2.25. The van der Waals surface area contributed by atoms with E-state index in [0.29, 0.717) is 12.2 Å². The van der Waals surface area contributed by atoms with Crippen LogP contribution in [-0.2, 0) is 24.0 Å². The van der Waals surface area contributed by atoms with E-state index in [2.05, 4.69) is 28.6 Å². The third kappa shape index (κ3) is 11.0. The Balaban J connectivity index is 4.79. The summed E-state index contributed by atoms with van der Waals surface area (Å²) in [4.78, 5) is 57.7. The molecule has 3 unspecified atom stereocenters. The summed E-state index contributed by atoms with van der Waals surface area (Å²) in [6.07, 6.45) is 1.65. The van der Waals surface area contributed by atoms with Crippen molar-refractivity contribution in [3.8, 4) is 0 Å². The average Bonchev–Trinajstić information content (AvgIpc) is 2.64. The Hall–Kier alpha value is -1.99. The van der Waals surface area contributed by atoms with E-state index >= 15 is 0 Å². The molecule has 7 N–H and O–H groups in total. The minimum atomic E-state index is -1.28. The van der Waals surface area contributed by atoms with E-state index < -0.39 is 54.3 Å². The maximum absolute atomic E-state index is 12.2. The second-order valence-corrected chi connectivity index (χ2v) is 7.09. The first-order valence-electron chi connectivity index (χ1n) is 8.29. The lowest BCUT2D eigenvalue weighted by atomic mass is 10.1. The largest absolute Gasteiger partial charge is 0.481 e. The molecule has 0 spiro atoms. The summed E-state index contributed by atoms with van der Waals surface area (Å²) >= 11 is 5.30. The Labute approximate surface area is 172 Å². The van der Waals surface area contributed by atoms with Crippen LogP contribution in [0.1, 0.15) is 19.3 Å². The minimum Gasteiger partial charge on any atom is -0.481 e. The molecule has 0 bridgehead atoms. The number of carboxylic acids is 2. The van der Waals surface area contributed by atoms with Crippen molar-refractivity contribution < 1.29 is 34.2 Å². The Morgan fingerprint density at radius 1 is 1.04 bits per heavy atom. The highest BCUT2D eigenvalue weighted by atomic mass is 32.2. The van der Waals surface area contributed by atoms with Crippen molar-refractivity contribution in [3.05, 3.63) is 0 Å². The zero-order valence-corrected chi connectivity index (χ0v) is 17.1. The molecule has 0 saturated heterocycles. The molecule has 0 rings (SSSR count). The van der Waals surface area contributed by atoms with Gasteiger partial charge in [0.25, 0.3) is 0 Å². The molecule has 0 saturated carbocycles. The van der Waals surface area contributed by atoms with Crippen molar-refractivity contribution in [1.82, 2.24) is 16.0 Å². The molecule has 0 aliphatic heterocycles. The molecule has 0 aliphatic carbocycles. The van der Waals surface area contributed by atoms with E-state index in [1.807, 2.05) is 6.26 Å². The van der Waals surface area contributed by atoms with Crippen molar-refractivity contribution in [2.75, 3.05) is 24.3 Å². The topological polar surface area (TPSA) is 188 Å². The van der Waals surface area contributed by atoms with Gasteiger partial charge in [0.15, 0.2) is 0 Å². The van der Waals surface area contributed by atoms with Gasteiger partial charge in [0.1, 0.15) is 12.1 Å². The van der Waals surface area contributed by atoms with Crippen LogP contribution < -0.4 is 21.7 Å². The fraction of sp³-hybridized carbons (Fsp3) is 0.667. The number of hydrogen-bond donors (Lipinski definition) is 7. The number of nitrogens with two attached hydrogens (primary N) is 1. The molecule has 0 aliphatic rings. The summed E-state index contributed by atoms with van der Waals surface area (Å²) < 4.78 is 0. The number of rotatable bonds is 14. The van der Waals surface area contributed by atoms with Gasteiger partial charge in [-0.25, -0.2) is 4.79 Å². The van der Waals surface area contributed by atoms with E-state index in [-0.39, 0.29) is 18.6 Å². The number of carbonyl (C=O) groups excluding carboxylic acids is 3. The van der Waals surface area contributed by atoms with Gasteiger partial charge >= 0.3 is 11.9 Å². The lowest BCUT2D eigenvalue weighted by Crippen LogP contribution is -2.53. The van der Waals surface area contributed by atoms with Gasteiger partial charge in [0.2, 0.25) is 17.7 Å². The molecule has 0 aromatic heterocycles. The van der Waals surface area contributed by atoms with Gasteiger partial charge in [-0.05, 0) is 24.9 Å². The van der Waals surface area contributed by atoms with Crippen molar-refractivity contribution in [2.24, 2.45) is 5.73 Å². The van der Waals surface area contributed by atoms with Crippen molar-refractivity contribution >= 4 is 54.1 Å². The number of hydrogen-bond acceptors (Lipinski definition) is 8. The number of carbonyl (C=O) groups is 5. The fourth-order valence-corrected chi connectivity index (χ4v) is 2.65. The van der Waals surface area contributed by atoms with Gasteiger partial charge in [0.05, 0.1) is 12.6 Å². The smallest absolute Gasteiger partial charge is 0.327 e. The first-order valence-corrected chi connectivity index (χ1v) is 10.3. The number of amides is 3. The molecule has 3 amide bonds. The zero-order chi connectivity index (χ0) is 21.7. The van der Waals surface area contributed by atoms with E-state index in [9.17, 15) is 24.0 Å². The summed E-state index contributed by atoms with van der Waals surface area (Å²) in [5.74, 6) is -4.09. The molecule has 0 aromatic carbocycles. The summed E-state index contributed by atoms with van der Waals surface area (Å²) in [6, 6.07) is -3.27. The second-order valence-electron chi connectivity index (χ2n) is 5.74. The first kappa shape index (κ1) is 26.0. The van der Waals surface area contributed by atoms with E-state index in [1.54, 1.807) is 0 Å². The maximum Gasteiger partial charge on any atom is 0.327 e. The molecular weight excluding hydrogens is 412 g/mol. The molecule has 0 aromatic rings. The Morgan fingerprint density at radius 3 is 2.18 bits per heavy atom. The number of carboxylic acid groups (broad SMARTS) is 2. The molecule has 11 nitrogen and oxygen atoms in total. The molecular formula is C15H26N4O7S2. The Bertz CT molecular complexity index is 577. The summed E-state index contributed by atoms with van der Waals surface area (Å²) in [6.45, 7) is -0.547. The summed E-state index contributed by atoms with van der Waals surface area (Å²) in [5.41, 5.74) is 5.73. The minimum absolute atomic E-state index is 0.139. The molecule has 0 radical (unpaired) electrons. The SMILES string of the molecule is CSCCC(N)C(=O)NC(CCC(=O)O)C(=O)NCC(=O)NC(CS)C(=O)O. The molecule has 28 heavy (non-hydrogen) atoms. The van der Waals surface area contributed by atoms with Crippen molar-refractivity contribution in [1.29, 1.82) is 0 Å². The van der Waals surface area contributed by atoms with Gasteiger partial charge < -0.3 is 31.9 Å². The zero-order valence-electron chi connectivity index (χ0n) is 15.3. The van der Waals surface area contributed by atoms with Crippen LogP contribution >= 0.6 is 24.4 Å². The summed E-state index contributed by atoms with van der Waals surface area (Å²) in [5, 5.41) is 24.4. The lowest BCUT2D eigenvalue weighted by Gasteiger charge is -2.20. The van der Waals surface area contributed by atoms with Crippen LogP contribution in [0.5, 0.6) is 0 Å². The molecule has 13 heteroatoms. The predicted octanol–water partition coefficient (Wildman–Crippen LogP) is -1.97. The lowest BCUT2D eigenvalue weighted by molar-refractivity contribution is -0.141. The van der Waals surface area contributed by atoms with Crippen LogP contribution in [0.2, 0.25) is 0 Å². The van der Waals surface area contributed by atoms with Crippen molar-refractivity contribution in [2.45, 2.75) is 37.4 Å². The number of nitrogens with one attached hydrogen (secondary N) is 3. The molecule has 3 atom stereocenters. The highest BCUT2D eigenvalue weighted by molar-refractivity contribution is 7.98. The maximum atomic E-state index is 12.2. The fourth-order valence-electron chi connectivity index (χ4n) is 1.91. The van der Waals surface area contributed by atoms with Gasteiger partial charge in [-0.15, -0.1) is 0 Å². The molecule has 160 valence electrons. The van der Waals surface area contributed by atoms with Gasteiger partial charge in [-0.3, -0.25) is 19.2 Å². The standard InChI is InChI=1S/C15H26N4O7S2/c1-28-5-4-8(16)13(23)19-9(2-3-12(21)22)14(24)17-6-11(20)18-10(7-27)15(25)26/h8-10,27H,2-7,16H2,1H3,(H,17,24)(H,18,20)(H,19,23)(H,21,22)(H,25,26). The number of thioether (sulfide) groups is 1. The van der Waals surface area contributed by atoms with E-state index in [0.717, 1.165) is 0 Å². The van der Waals surface area contributed by atoms with Crippen LogP contribution in [-0.4, -0.2) is 82.3 Å². The molecule has 0 heterocycles. The van der Waals surface area contributed by atoms with E-state index in [1.165, 1.54) is 11.8 Å². The Morgan fingerprint density at radius 2 is 1.68 bits per heavy atom. The Kier molecular flexibility index (Phi) is 13.1. The third-order valence-corrected chi connectivity index (χ3v) is 4.50. The van der Waals surface area contributed by atoms with Gasteiger partial charge in [0, 0.05) is 12.2 Å². The third-order valence-electron chi connectivity index (χ3n) is 3.49.